The van der Waals surface area contributed by atoms with Crippen LogP contribution in [0.2, 0.25) is 5.02 Å². The minimum Gasteiger partial charge on any atom is -0.365 e. The number of hydrogen-bond donors (Lipinski definition) is 2. The van der Waals surface area contributed by atoms with E-state index < -0.39 is 35.7 Å². The number of halogens is 6. The second-order valence-corrected chi connectivity index (χ2v) is 9.29. The fraction of sp³-hybridized carbons (Fsp3) is 0.440. The zero-order valence-electron chi connectivity index (χ0n) is 20.4. The molecule has 2 aromatic rings. The van der Waals surface area contributed by atoms with E-state index in [0.717, 1.165) is 6.07 Å². The highest BCUT2D eigenvalue weighted by Gasteiger charge is 2.31. The number of piperazine rings is 1. The average molecular weight is 547 g/mol. The lowest BCUT2D eigenvalue weighted by molar-refractivity contribution is -0.138. The number of hydrogen-bond acceptors (Lipinski definition) is 4. The first kappa shape index (κ1) is 28.6. The van der Waals surface area contributed by atoms with Crippen molar-refractivity contribution in [3.63, 3.8) is 0 Å². The summed E-state index contributed by atoms with van der Waals surface area (Å²) in [7, 11) is 0. The molecule has 0 aromatic heterocycles. The molecule has 1 aliphatic heterocycles. The molecule has 1 fully saturated rings. The second kappa shape index (κ2) is 12.1. The summed E-state index contributed by atoms with van der Waals surface area (Å²) in [5.41, 5.74) is 0.196. The molecule has 2 aromatic carbocycles. The molecule has 0 saturated carbocycles. The molecule has 6 nitrogen and oxygen atoms in total. The topological polar surface area (TPSA) is 64.7 Å². The van der Waals surface area contributed by atoms with Gasteiger partial charge in [0, 0.05) is 55.8 Å². The van der Waals surface area contributed by atoms with Crippen molar-refractivity contribution in [3.05, 3.63) is 58.1 Å². The maximum Gasteiger partial charge on any atom is 0.390 e. The Hall–Kier alpha value is -2.92. The molecule has 37 heavy (non-hydrogen) atoms. The number of alkyl halides is 3. The molecule has 1 heterocycles. The molecular weight excluding hydrogens is 519 g/mol. The number of nitrogens with one attached hydrogen (secondary N) is 2. The molecule has 2 amide bonds. The van der Waals surface area contributed by atoms with E-state index in [0.29, 0.717) is 36.0 Å². The molecule has 0 radical (unpaired) electrons. The van der Waals surface area contributed by atoms with Gasteiger partial charge in [-0.15, -0.1) is 0 Å². The van der Waals surface area contributed by atoms with Crippen molar-refractivity contribution in [2.75, 3.05) is 36.4 Å². The fourth-order valence-electron chi connectivity index (χ4n) is 4.14. The summed E-state index contributed by atoms with van der Waals surface area (Å²) in [6, 6.07) is 6.83. The number of benzene rings is 2. The van der Waals surface area contributed by atoms with Crippen LogP contribution in [0.3, 0.4) is 0 Å². The van der Waals surface area contributed by atoms with Crippen molar-refractivity contribution >= 4 is 34.8 Å². The SMILES string of the molecule is CCC(=O)NCc1ccc(C(=O)Nc2ccc(Cl)cc2N2CCN(CCC(F)(F)F)C[C@H]2C)c(F)c1F. The Morgan fingerprint density at radius 2 is 1.84 bits per heavy atom. The Balaban J connectivity index is 1.76. The van der Waals surface area contributed by atoms with Crippen LogP contribution in [0.4, 0.5) is 33.3 Å². The first-order valence-corrected chi connectivity index (χ1v) is 12.2. The Morgan fingerprint density at radius 3 is 2.49 bits per heavy atom. The summed E-state index contributed by atoms with van der Waals surface area (Å²) in [6.45, 7) is 4.26. The van der Waals surface area contributed by atoms with Crippen LogP contribution in [0, 0.1) is 11.6 Å². The summed E-state index contributed by atoms with van der Waals surface area (Å²) in [5, 5.41) is 5.42. The number of carbonyl (C=O) groups excluding carboxylic acids is 2. The number of nitrogens with zero attached hydrogens (tertiary/aromatic N) is 2. The molecule has 1 saturated heterocycles. The van der Waals surface area contributed by atoms with Gasteiger partial charge in [-0.1, -0.05) is 24.6 Å². The monoisotopic (exact) mass is 546 g/mol. The van der Waals surface area contributed by atoms with Gasteiger partial charge in [0.05, 0.1) is 23.4 Å². The van der Waals surface area contributed by atoms with E-state index in [1.54, 1.807) is 17.9 Å². The van der Waals surface area contributed by atoms with Gasteiger partial charge in [0.2, 0.25) is 5.91 Å². The van der Waals surface area contributed by atoms with Crippen molar-refractivity contribution in [1.82, 2.24) is 10.2 Å². The van der Waals surface area contributed by atoms with E-state index in [2.05, 4.69) is 10.6 Å². The van der Waals surface area contributed by atoms with Gasteiger partial charge in [-0.05, 0) is 31.2 Å². The largest absolute Gasteiger partial charge is 0.390 e. The van der Waals surface area contributed by atoms with E-state index in [1.807, 2.05) is 11.8 Å². The van der Waals surface area contributed by atoms with Crippen molar-refractivity contribution in [3.8, 4) is 0 Å². The van der Waals surface area contributed by atoms with E-state index in [1.165, 1.54) is 18.2 Å². The third kappa shape index (κ3) is 7.54. The average Bonchev–Trinajstić information content (AvgIpc) is 2.84. The third-order valence-corrected chi connectivity index (χ3v) is 6.38. The van der Waals surface area contributed by atoms with E-state index >= 15 is 0 Å². The van der Waals surface area contributed by atoms with Crippen LogP contribution < -0.4 is 15.5 Å². The summed E-state index contributed by atoms with van der Waals surface area (Å²) in [4.78, 5) is 27.9. The maximum absolute atomic E-state index is 14.7. The Kier molecular flexibility index (Phi) is 9.36. The molecule has 1 aliphatic rings. The van der Waals surface area contributed by atoms with Crippen LogP contribution in [0.15, 0.2) is 30.3 Å². The molecule has 3 rings (SSSR count). The smallest absolute Gasteiger partial charge is 0.365 e. The van der Waals surface area contributed by atoms with Crippen molar-refractivity contribution in [2.24, 2.45) is 0 Å². The maximum atomic E-state index is 14.7. The fourth-order valence-corrected chi connectivity index (χ4v) is 4.30. The van der Waals surface area contributed by atoms with Gasteiger partial charge in [-0.25, -0.2) is 8.78 Å². The standard InChI is InChI=1S/C25H28ClF5N4O2/c1-3-21(36)32-13-16-4-6-18(23(28)22(16)27)24(37)33-19-7-5-17(26)12-20(19)35-11-10-34(14-15(35)2)9-8-25(29,30)31/h4-7,12,15H,3,8-11,13-14H2,1-2H3,(H,32,36)(H,33,37)/t15-/m1/s1. The Morgan fingerprint density at radius 1 is 1.11 bits per heavy atom. The summed E-state index contributed by atoms with van der Waals surface area (Å²) in [6.07, 6.45) is -4.94. The van der Waals surface area contributed by atoms with Gasteiger partial charge < -0.3 is 15.5 Å². The highest BCUT2D eigenvalue weighted by atomic mass is 35.5. The van der Waals surface area contributed by atoms with Crippen LogP contribution in [-0.2, 0) is 11.3 Å². The third-order valence-electron chi connectivity index (χ3n) is 6.14. The Bertz CT molecular complexity index is 1140. The molecule has 0 unspecified atom stereocenters. The number of carbonyl (C=O) groups is 2. The van der Waals surface area contributed by atoms with Crippen LogP contribution in [0.5, 0.6) is 0 Å². The van der Waals surface area contributed by atoms with Gasteiger partial charge in [-0.2, -0.15) is 13.2 Å². The highest BCUT2D eigenvalue weighted by Crippen LogP contribution is 2.33. The molecule has 0 spiro atoms. The molecule has 12 heteroatoms. The summed E-state index contributed by atoms with van der Waals surface area (Å²) in [5.74, 6) is -3.79. The molecular formula is C25H28ClF5N4O2. The molecule has 0 bridgehead atoms. The van der Waals surface area contributed by atoms with E-state index in [9.17, 15) is 31.5 Å². The molecule has 1 atom stereocenters. The normalized spacial score (nSPS) is 16.5. The molecule has 0 aliphatic carbocycles. The lowest BCUT2D eigenvalue weighted by Crippen LogP contribution is -2.52. The number of amides is 2. The highest BCUT2D eigenvalue weighted by molar-refractivity contribution is 6.31. The van der Waals surface area contributed by atoms with Gasteiger partial charge in [-0.3, -0.25) is 14.5 Å². The zero-order valence-corrected chi connectivity index (χ0v) is 21.1. The molecule has 2 N–H and O–H groups in total. The lowest BCUT2D eigenvalue weighted by Gasteiger charge is -2.42. The quantitative estimate of drug-likeness (QED) is 0.438. The van der Waals surface area contributed by atoms with Gasteiger partial charge >= 0.3 is 6.18 Å². The first-order valence-electron chi connectivity index (χ1n) is 11.8. The predicted molar refractivity (Wildman–Crippen MR) is 132 cm³/mol. The first-order chi connectivity index (χ1) is 17.4. The minimum absolute atomic E-state index is 0.0970. The minimum atomic E-state index is -4.23. The molecule has 202 valence electrons. The van der Waals surface area contributed by atoms with Crippen LogP contribution >= 0.6 is 11.6 Å². The van der Waals surface area contributed by atoms with Crippen LogP contribution in [-0.4, -0.2) is 55.1 Å². The van der Waals surface area contributed by atoms with E-state index in [4.69, 9.17) is 11.6 Å². The Labute approximate surface area is 216 Å². The van der Waals surface area contributed by atoms with Gasteiger partial charge in [0.15, 0.2) is 11.6 Å². The lowest BCUT2D eigenvalue weighted by atomic mass is 10.1. The van der Waals surface area contributed by atoms with Crippen LogP contribution in [0.25, 0.3) is 0 Å². The van der Waals surface area contributed by atoms with Crippen LogP contribution in [0.1, 0.15) is 42.6 Å². The van der Waals surface area contributed by atoms with Gasteiger partial charge in [0.1, 0.15) is 0 Å². The van der Waals surface area contributed by atoms with E-state index in [-0.39, 0.29) is 37.0 Å². The second-order valence-electron chi connectivity index (χ2n) is 8.85. The van der Waals surface area contributed by atoms with Crippen molar-refractivity contribution in [1.29, 1.82) is 0 Å². The van der Waals surface area contributed by atoms with Crippen molar-refractivity contribution in [2.45, 2.75) is 45.5 Å². The summed E-state index contributed by atoms with van der Waals surface area (Å²) < 4.78 is 67.1. The summed E-state index contributed by atoms with van der Waals surface area (Å²) >= 11 is 6.18. The zero-order chi connectivity index (χ0) is 27.3. The number of rotatable bonds is 8. The van der Waals surface area contributed by atoms with Crippen molar-refractivity contribution < 1.29 is 31.5 Å². The number of anilines is 2. The predicted octanol–water partition coefficient (Wildman–Crippen LogP) is 5.36. The van der Waals surface area contributed by atoms with Gasteiger partial charge in [0.25, 0.3) is 5.91 Å².